The number of hydrogen-bond donors (Lipinski definition) is 0. The summed E-state index contributed by atoms with van der Waals surface area (Å²) in [6.07, 6.45) is 1.53. The van der Waals surface area contributed by atoms with Gasteiger partial charge >= 0.3 is 0 Å². The fraction of sp³-hybridized carbons (Fsp3) is 0.269. The van der Waals surface area contributed by atoms with Gasteiger partial charge in [-0.1, -0.05) is 49.4 Å². The lowest BCUT2D eigenvalue weighted by Gasteiger charge is -2.38. The average molecular weight is 415 g/mol. The Morgan fingerprint density at radius 1 is 0.968 bits per heavy atom. The molecule has 3 aromatic carbocycles. The second kappa shape index (κ2) is 7.99. The van der Waals surface area contributed by atoms with E-state index in [2.05, 4.69) is 48.3 Å². The van der Waals surface area contributed by atoms with E-state index < -0.39 is 0 Å². The summed E-state index contributed by atoms with van der Waals surface area (Å²) in [6, 6.07) is 23.0. The van der Waals surface area contributed by atoms with Gasteiger partial charge in [0.1, 0.15) is 5.75 Å². The maximum absolute atomic E-state index is 6.45. The summed E-state index contributed by atoms with van der Waals surface area (Å²) in [5, 5.41) is 7.13. The maximum atomic E-state index is 6.45. The second-order valence-electron chi connectivity index (χ2n) is 7.82. The largest absolute Gasteiger partial charge is 0.493 e. The molecule has 0 aromatic heterocycles. The van der Waals surface area contributed by atoms with Crippen LogP contribution in [-0.4, -0.2) is 24.9 Å². The van der Waals surface area contributed by atoms with Gasteiger partial charge in [0.05, 0.1) is 26.0 Å². The normalized spacial score (nSPS) is 19.2. The summed E-state index contributed by atoms with van der Waals surface area (Å²) in [5.74, 6) is 2.28. The predicted octanol–water partition coefficient (Wildman–Crippen LogP) is 5.51. The van der Waals surface area contributed by atoms with Gasteiger partial charge in [-0.3, -0.25) is 0 Å². The number of hydrogen-bond acceptors (Lipinski definition) is 5. The third kappa shape index (κ3) is 3.40. The van der Waals surface area contributed by atoms with Gasteiger partial charge in [0.25, 0.3) is 0 Å². The number of ether oxygens (including phenoxy) is 3. The Morgan fingerprint density at radius 2 is 1.74 bits per heavy atom. The second-order valence-corrected chi connectivity index (χ2v) is 7.82. The molecule has 2 aliphatic rings. The molecule has 5 rings (SSSR count). The molecule has 0 fully saturated rings. The minimum atomic E-state index is -0.341. The van der Waals surface area contributed by atoms with Gasteiger partial charge in [0.2, 0.25) is 6.23 Å². The number of fused-ring (bicyclic) bond motifs is 3. The van der Waals surface area contributed by atoms with Gasteiger partial charge in [-0.05, 0) is 41.8 Å². The van der Waals surface area contributed by atoms with Crippen molar-refractivity contribution in [3.8, 4) is 17.2 Å². The number of rotatable bonds is 5. The number of para-hydroxylation sites is 1. The third-order valence-electron chi connectivity index (χ3n) is 6.09. The molecule has 0 aliphatic carbocycles. The van der Waals surface area contributed by atoms with Crippen LogP contribution in [-0.2, 0) is 6.42 Å². The quantitative estimate of drug-likeness (QED) is 0.552. The first-order chi connectivity index (χ1) is 15.2. The van der Waals surface area contributed by atoms with Crippen molar-refractivity contribution in [3.63, 3.8) is 0 Å². The molecule has 0 unspecified atom stereocenters. The molecule has 5 nitrogen and oxygen atoms in total. The van der Waals surface area contributed by atoms with Gasteiger partial charge in [0.15, 0.2) is 11.5 Å². The first-order valence-corrected chi connectivity index (χ1v) is 10.6. The Hall–Kier alpha value is -3.47. The molecule has 0 radical (unpaired) electrons. The number of hydrazone groups is 1. The molecule has 0 N–H and O–H groups in total. The average Bonchev–Trinajstić information content (AvgIpc) is 3.29. The minimum absolute atomic E-state index is 0.129. The first kappa shape index (κ1) is 19.5. The molecule has 158 valence electrons. The van der Waals surface area contributed by atoms with E-state index in [0.29, 0.717) is 11.5 Å². The van der Waals surface area contributed by atoms with Gasteiger partial charge < -0.3 is 14.2 Å². The molecule has 2 heterocycles. The summed E-state index contributed by atoms with van der Waals surface area (Å²) in [4.78, 5) is 0. The third-order valence-corrected chi connectivity index (χ3v) is 6.09. The van der Waals surface area contributed by atoms with Crippen LogP contribution in [0.2, 0.25) is 0 Å². The lowest BCUT2D eigenvalue weighted by molar-refractivity contribution is -0.0191. The number of methoxy groups -OCH3 is 2. The zero-order chi connectivity index (χ0) is 21.4. The molecule has 0 amide bonds. The van der Waals surface area contributed by atoms with E-state index in [9.17, 15) is 0 Å². The Bertz CT molecular complexity index is 1120. The highest BCUT2D eigenvalue weighted by atomic mass is 16.5. The van der Waals surface area contributed by atoms with Crippen molar-refractivity contribution in [2.75, 3.05) is 14.2 Å². The van der Waals surface area contributed by atoms with Crippen LogP contribution in [0, 0.1) is 0 Å². The number of aryl methyl sites for hydroxylation is 1. The van der Waals surface area contributed by atoms with Gasteiger partial charge in [-0.15, -0.1) is 0 Å². The van der Waals surface area contributed by atoms with Crippen LogP contribution in [0.25, 0.3) is 0 Å². The Balaban J connectivity index is 1.56. The molecular formula is C26H26N2O3. The SMILES string of the molecule is CCc1ccc(C2=NN3[C@@H](C2)c2ccccc2O[C@H]3c2ccc(OC)c(OC)c2)cc1. The highest BCUT2D eigenvalue weighted by Gasteiger charge is 2.41. The smallest absolute Gasteiger partial charge is 0.214 e. The van der Waals surface area contributed by atoms with E-state index in [0.717, 1.165) is 35.4 Å². The van der Waals surface area contributed by atoms with Crippen LogP contribution in [0.3, 0.4) is 0 Å². The van der Waals surface area contributed by atoms with Crippen LogP contribution in [0.15, 0.2) is 71.8 Å². The fourth-order valence-electron chi connectivity index (χ4n) is 4.37. The topological polar surface area (TPSA) is 43.3 Å². The molecule has 2 atom stereocenters. The lowest BCUT2D eigenvalue weighted by Crippen LogP contribution is -2.33. The summed E-state index contributed by atoms with van der Waals surface area (Å²) in [5.41, 5.74) is 5.72. The van der Waals surface area contributed by atoms with Crippen LogP contribution in [0.5, 0.6) is 17.2 Å². The maximum Gasteiger partial charge on any atom is 0.214 e. The van der Waals surface area contributed by atoms with Crippen LogP contribution < -0.4 is 14.2 Å². The first-order valence-electron chi connectivity index (χ1n) is 10.6. The van der Waals surface area contributed by atoms with Crippen molar-refractivity contribution >= 4 is 5.71 Å². The van der Waals surface area contributed by atoms with E-state index in [1.54, 1.807) is 14.2 Å². The van der Waals surface area contributed by atoms with Gasteiger partial charge in [0, 0.05) is 17.5 Å². The van der Waals surface area contributed by atoms with Crippen LogP contribution in [0.4, 0.5) is 0 Å². The van der Waals surface area contributed by atoms with Gasteiger partial charge in [-0.2, -0.15) is 5.10 Å². The van der Waals surface area contributed by atoms with E-state index in [1.165, 1.54) is 11.1 Å². The standard InChI is InChI=1S/C26H26N2O3/c1-4-17-9-11-18(12-10-17)21-16-22-20-7-5-6-8-23(20)31-26(28(22)27-21)19-13-14-24(29-2)25(15-19)30-3/h5-15,22,26H,4,16H2,1-3H3/t22-,26-/m0/s1. The molecule has 5 heteroatoms. The van der Waals surface area contributed by atoms with Crippen LogP contribution >= 0.6 is 0 Å². The fourth-order valence-corrected chi connectivity index (χ4v) is 4.37. The Labute approximate surface area is 182 Å². The zero-order valence-electron chi connectivity index (χ0n) is 18.0. The van der Waals surface area contributed by atoms with E-state index >= 15 is 0 Å². The van der Waals surface area contributed by atoms with Crippen molar-refractivity contribution in [3.05, 3.63) is 89.0 Å². The summed E-state index contributed by atoms with van der Waals surface area (Å²) in [6.45, 7) is 2.17. The lowest BCUT2D eigenvalue weighted by atomic mass is 9.95. The minimum Gasteiger partial charge on any atom is -0.493 e. The highest BCUT2D eigenvalue weighted by molar-refractivity contribution is 6.02. The van der Waals surface area contributed by atoms with Crippen molar-refractivity contribution in [1.82, 2.24) is 5.01 Å². The highest BCUT2D eigenvalue weighted by Crippen LogP contribution is 2.48. The monoisotopic (exact) mass is 414 g/mol. The molecule has 0 bridgehead atoms. The summed E-state index contributed by atoms with van der Waals surface area (Å²) < 4.78 is 17.4. The van der Waals surface area contributed by atoms with E-state index in [4.69, 9.17) is 19.3 Å². The number of nitrogens with zero attached hydrogens (tertiary/aromatic N) is 2. The van der Waals surface area contributed by atoms with Crippen molar-refractivity contribution in [2.24, 2.45) is 5.10 Å². The molecule has 0 saturated carbocycles. The van der Waals surface area contributed by atoms with Crippen molar-refractivity contribution in [2.45, 2.75) is 32.0 Å². The molecular weight excluding hydrogens is 388 g/mol. The Morgan fingerprint density at radius 3 is 2.48 bits per heavy atom. The molecule has 3 aromatic rings. The molecule has 0 spiro atoms. The molecule has 31 heavy (non-hydrogen) atoms. The zero-order valence-corrected chi connectivity index (χ0v) is 18.0. The van der Waals surface area contributed by atoms with Crippen LogP contribution in [0.1, 0.15) is 47.9 Å². The number of benzene rings is 3. The molecule has 2 aliphatic heterocycles. The van der Waals surface area contributed by atoms with Crippen molar-refractivity contribution in [1.29, 1.82) is 0 Å². The van der Waals surface area contributed by atoms with Crippen molar-refractivity contribution < 1.29 is 14.2 Å². The van der Waals surface area contributed by atoms with E-state index in [-0.39, 0.29) is 12.3 Å². The van der Waals surface area contributed by atoms with E-state index in [1.807, 2.05) is 30.3 Å². The van der Waals surface area contributed by atoms with Gasteiger partial charge in [-0.25, -0.2) is 5.01 Å². The molecule has 0 saturated heterocycles. The summed E-state index contributed by atoms with van der Waals surface area (Å²) >= 11 is 0. The summed E-state index contributed by atoms with van der Waals surface area (Å²) in [7, 11) is 3.29. The Kier molecular flexibility index (Phi) is 5.02. The predicted molar refractivity (Wildman–Crippen MR) is 121 cm³/mol.